The molecule has 1 atom stereocenters. The first-order chi connectivity index (χ1) is 17.0. The second-order valence-electron chi connectivity index (χ2n) is 8.42. The number of thioether (sulfide) groups is 2. The molecule has 0 bridgehead atoms. The van der Waals surface area contributed by atoms with E-state index in [1.165, 1.54) is 38.5 Å². The lowest BCUT2D eigenvalue weighted by Crippen LogP contribution is -2.41. The van der Waals surface area contributed by atoms with Crippen LogP contribution in [0, 0.1) is 10.1 Å². The Hall–Kier alpha value is -1.13. The van der Waals surface area contributed by atoms with Crippen LogP contribution in [0.3, 0.4) is 0 Å². The minimum Gasteiger partial charge on any atom is -0.493 e. The SMILES string of the molecule is CCSC(SCC)[C@@H]1CCCN1C(=O)c1cc(OC)c(OCCCCCCCCBr)cc1[N+](=O)[O-]. The molecular weight excluding hydrogens is 552 g/mol. The van der Waals surface area contributed by atoms with Gasteiger partial charge in [-0.25, -0.2) is 0 Å². The summed E-state index contributed by atoms with van der Waals surface area (Å²) in [5.74, 6) is 2.30. The van der Waals surface area contributed by atoms with Gasteiger partial charge in [-0.05, 0) is 37.2 Å². The van der Waals surface area contributed by atoms with E-state index in [0.717, 1.165) is 48.9 Å². The molecule has 0 N–H and O–H groups in total. The summed E-state index contributed by atoms with van der Waals surface area (Å²) in [6.07, 6.45) is 8.49. The highest BCUT2D eigenvalue weighted by atomic mass is 79.9. The number of nitro groups is 1. The zero-order valence-corrected chi connectivity index (χ0v) is 24.4. The van der Waals surface area contributed by atoms with Gasteiger partial charge < -0.3 is 14.4 Å². The highest BCUT2D eigenvalue weighted by molar-refractivity contribution is 9.09. The van der Waals surface area contributed by atoms with E-state index in [1.807, 2.05) is 28.4 Å². The maximum absolute atomic E-state index is 13.6. The molecule has 0 aliphatic carbocycles. The van der Waals surface area contributed by atoms with Gasteiger partial charge in [0.1, 0.15) is 5.56 Å². The first-order valence-corrected chi connectivity index (χ1v) is 15.8. The monoisotopic (exact) mass is 590 g/mol. The zero-order valence-electron chi connectivity index (χ0n) is 21.1. The van der Waals surface area contributed by atoms with Gasteiger partial charge in [-0.2, -0.15) is 0 Å². The van der Waals surface area contributed by atoms with Gasteiger partial charge in [0.15, 0.2) is 11.5 Å². The molecule has 0 unspecified atom stereocenters. The number of nitrogens with zero attached hydrogens (tertiary/aromatic N) is 2. The number of carbonyl (C=O) groups is 1. The summed E-state index contributed by atoms with van der Waals surface area (Å²) in [5.41, 5.74) is -0.159. The standard InChI is InChI=1S/C25H39BrN2O5S2/c1-4-34-25(35-5-2)20-13-12-15-27(20)24(29)19-17-22(32-3)23(18-21(19)28(30)31)33-16-11-9-7-6-8-10-14-26/h17-18,20,25H,4-16H2,1-3H3/t20-/m0/s1. The fourth-order valence-electron chi connectivity index (χ4n) is 4.31. The van der Waals surface area contributed by atoms with E-state index >= 15 is 0 Å². The summed E-state index contributed by atoms with van der Waals surface area (Å²) in [5, 5.41) is 13.0. The predicted molar refractivity (Wildman–Crippen MR) is 151 cm³/mol. The van der Waals surface area contributed by atoms with Gasteiger partial charge in [0.2, 0.25) is 0 Å². The first-order valence-electron chi connectivity index (χ1n) is 12.6. The van der Waals surface area contributed by atoms with Crippen molar-refractivity contribution in [3.8, 4) is 11.5 Å². The smallest absolute Gasteiger partial charge is 0.286 e. The normalized spacial score (nSPS) is 15.6. The number of likely N-dealkylation sites (tertiary alicyclic amines) is 1. The first kappa shape index (κ1) is 30.1. The topological polar surface area (TPSA) is 81.9 Å². The van der Waals surface area contributed by atoms with Crippen molar-refractivity contribution >= 4 is 51.0 Å². The molecule has 1 amide bonds. The number of unbranched alkanes of at least 4 members (excludes halogenated alkanes) is 5. The third kappa shape index (κ3) is 9.04. The lowest BCUT2D eigenvalue weighted by atomic mass is 10.1. The van der Waals surface area contributed by atoms with Crippen LogP contribution in [0.5, 0.6) is 11.5 Å². The molecule has 1 heterocycles. The van der Waals surface area contributed by atoms with Gasteiger partial charge in [-0.15, -0.1) is 23.5 Å². The number of benzene rings is 1. The molecule has 0 radical (unpaired) electrons. The third-order valence-corrected chi connectivity index (χ3v) is 9.36. The highest BCUT2D eigenvalue weighted by Gasteiger charge is 2.38. The molecule has 2 rings (SSSR count). The molecule has 0 saturated carbocycles. The molecule has 10 heteroatoms. The fraction of sp³-hybridized carbons (Fsp3) is 0.720. The van der Waals surface area contributed by atoms with E-state index in [9.17, 15) is 14.9 Å². The average Bonchev–Trinajstić information content (AvgIpc) is 3.34. The van der Waals surface area contributed by atoms with E-state index in [4.69, 9.17) is 9.47 Å². The van der Waals surface area contributed by atoms with Crippen LogP contribution in [0.4, 0.5) is 5.69 Å². The molecule has 0 aromatic heterocycles. The number of hydrogen-bond donors (Lipinski definition) is 0. The van der Waals surface area contributed by atoms with Crippen LogP contribution in [0.15, 0.2) is 12.1 Å². The number of rotatable bonds is 17. The minimum absolute atomic E-state index is 0.0634. The number of halogens is 1. The number of alkyl halides is 1. The van der Waals surface area contributed by atoms with Crippen LogP contribution < -0.4 is 9.47 Å². The number of carbonyl (C=O) groups excluding carboxylic acids is 1. The summed E-state index contributed by atoms with van der Waals surface area (Å²) in [7, 11) is 1.50. The molecule has 1 aromatic carbocycles. The largest absolute Gasteiger partial charge is 0.493 e. The molecule has 1 aromatic rings. The van der Waals surface area contributed by atoms with Crippen LogP contribution in [-0.4, -0.2) is 63.5 Å². The second kappa shape index (κ2) is 16.6. The molecule has 35 heavy (non-hydrogen) atoms. The average molecular weight is 592 g/mol. The van der Waals surface area contributed by atoms with Gasteiger partial charge in [0.05, 0.1) is 35.3 Å². The van der Waals surface area contributed by atoms with Crippen LogP contribution in [-0.2, 0) is 0 Å². The van der Waals surface area contributed by atoms with Crippen molar-refractivity contribution in [1.29, 1.82) is 0 Å². The van der Waals surface area contributed by atoms with Crippen molar-refractivity contribution in [2.75, 3.05) is 37.1 Å². The van der Waals surface area contributed by atoms with Crippen molar-refractivity contribution in [3.63, 3.8) is 0 Å². The van der Waals surface area contributed by atoms with Gasteiger partial charge in [-0.1, -0.05) is 55.5 Å². The maximum atomic E-state index is 13.6. The molecular formula is C25H39BrN2O5S2. The predicted octanol–water partition coefficient (Wildman–Crippen LogP) is 7.15. The Bertz CT molecular complexity index is 808. The molecule has 1 aliphatic heterocycles. The van der Waals surface area contributed by atoms with E-state index in [0.29, 0.717) is 24.7 Å². The molecule has 1 saturated heterocycles. The maximum Gasteiger partial charge on any atom is 0.286 e. The van der Waals surface area contributed by atoms with E-state index in [-0.39, 0.29) is 27.8 Å². The third-order valence-electron chi connectivity index (χ3n) is 6.03. The quantitative estimate of drug-likeness (QED) is 0.0625. The van der Waals surface area contributed by atoms with E-state index in [1.54, 1.807) is 0 Å². The number of methoxy groups -OCH3 is 1. The summed E-state index contributed by atoms with van der Waals surface area (Å²) < 4.78 is 11.6. The van der Waals surface area contributed by atoms with E-state index in [2.05, 4.69) is 29.8 Å². The van der Waals surface area contributed by atoms with Crippen LogP contribution in [0.1, 0.15) is 75.6 Å². The zero-order chi connectivity index (χ0) is 25.6. The molecule has 0 spiro atoms. The van der Waals surface area contributed by atoms with Crippen molar-refractivity contribution in [2.45, 2.75) is 75.8 Å². The number of amides is 1. The van der Waals surface area contributed by atoms with Crippen molar-refractivity contribution in [3.05, 3.63) is 27.8 Å². The van der Waals surface area contributed by atoms with Crippen molar-refractivity contribution in [1.82, 2.24) is 4.90 Å². The molecule has 1 fully saturated rings. The second-order valence-corrected chi connectivity index (χ2v) is 12.4. The summed E-state index contributed by atoms with van der Waals surface area (Å²) in [6, 6.07) is 2.90. The Kier molecular flexibility index (Phi) is 14.3. The summed E-state index contributed by atoms with van der Waals surface area (Å²) >= 11 is 7.13. The lowest BCUT2D eigenvalue weighted by molar-refractivity contribution is -0.385. The van der Waals surface area contributed by atoms with Gasteiger partial charge in [-0.3, -0.25) is 14.9 Å². The number of nitro benzene ring substituents is 1. The fourth-order valence-corrected chi connectivity index (χ4v) is 7.58. The number of hydrogen-bond acceptors (Lipinski definition) is 7. The van der Waals surface area contributed by atoms with Crippen LogP contribution in [0.25, 0.3) is 0 Å². The number of ether oxygens (including phenoxy) is 2. The van der Waals surface area contributed by atoms with Crippen LogP contribution in [0.2, 0.25) is 0 Å². The van der Waals surface area contributed by atoms with Gasteiger partial charge in [0, 0.05) is 17.9 Å². The Labute approximate surface area is 226 Å². The van der Waals surface area contributed by atoms with Crippen LogP contribution >= 0.6 is 39.5 Å². The Morgan fingerprint density at radius 2 is 1.80 bits per heavy atom. The van der Waals surface area contributed by atoms with Crippen molar-refractivity contribution < 1.29 is 19.2 Å². The Morgan fingerprint density at radius 3 is 2.40 bits per heavy atom. The molecule has 7 nitrogen and oxygen atoms in total. The lowest BCUT2D eigenvalue weighted by Gasteiger charge is -2.31. The molecule has 1 aliphatic rings. The van der Waals surface area contributed by atoms with Gasteiger partial charge in [0.25, 0.3) is 11.6 Å². The van der Waals surface area contributed by atoms with Crippen molar-refractivity contribution in [2.24, 2.45) is 0 Å². The summed E-state index contributed by atoms with van der Waals surface area (Å²) in [4.78, 5) is 26.9. The summed E-state index contributed by atoms with van der Waals surface area (Å²) in [6.45, 7) is 5.31. The molecule has 198 valence electrons. The minimum atomic E-state index is -0.493. The highest BCUT2D eigenvalue weighted by Crippen LogP contribution is 2.39. The van der Waals surface area contributed by atoms with E-state index < -0.39 is 4.92 Å². The Balaban J connectivity index is 2.15. The Morgan fingerprint density at radius 1 is 1.14 bits per heavy atom. The van der Waals surface area contributed by atoms with Gasteiger partial charge >= 0.3 is 0 Å².